The Kier molecular flexibility index (Phi) is 10.9. The van der Waals surface area contributed by atoms with Gasteiger partial charge < -0.3 is 0 Å². The zero-order chi connectivity index (χ0) is 22.4. The number of hydrogen-bond acceptors (Lipinski definition) is 1. The molecule has 1 aliphatic carbocycles. The number of nitriles is 1. The van der Waals surface area contributed by atoms with Gasteiger partial charge in [-0.05, 0) is 66.3 Å². The number of unbranched alkanes of at least 4 members (excludes halogenated alkanes) is 9. The first-order valence-electron chi connectivity index (χ1n) is 13.4. The summed E-state index contributed by atoms with van der Waals surface area (Å²) in [6.07, 6.45) is 21.4. The fourth-order valence-corrected chi connectivity index (χ4v) is 5.39. The Bertz CT molecular complexity index is 788. The number of hydrogen-bond donors (Lipinski definition) is 0. The Labute approximate surface area is 197 Å². The molecule has 0 atom stereocenters. The van der Waals surface area contributed by atoms with E-state index in [2.05, 4.69) is 37.3 Å². The second-order valence-corrected chi connectivity index (χ2v) is 10.00. The molecule has 172 valence electrons. The Hall–Kier alpha value is -2.07. The third kappa shape index (κ3) is 8.12. The first-order valence-corrected chi connectivity index (χ1v) is 13.4. The molecule has 1 saturated carbocycles. The molecule has 1 aliphatic rings. The lowest BCUT2D eigenvalue weighted by Gasteiger charge is -2.29. The molecule has 1 fully saturated rings. The van der Waals surface area contributed by atoms with Crippen LogP contribution in [0.25, 0.3) is 11.1 Å². The normalized spacial score (nSPS) is 18.4. The van der Waals surface area contributed by atoms with E-state index in [1.165, 1.54) is 113 Å². The van der Waals surface area contributed by atoms with Crippen molar-refractivity contribution in [2.75, 3.05) is 0 Å². The van der Waals surface area contributed by atoms with Gasteiger partial charge in [0.1, 0.15) is 0 Å². The molecule has 0 unspecified atom stereocenters. The number of rotatable bonds is 13. The van der Waals surface area contributed by atoms with Gasteiger partial charge in [0.05, 0.1) is 11.6 Å². The van der Waals surface area contributed by atoms with E-state index in [-0.39, 0.29) is 0 Å². The summed E-state index contributed by atoms with van der Waals surface area (Å²) in [7, 11) is 0. The SMILES string of the molecule is CCCCCCCCCCCCC1CCC(c2ccc(-c3ccc(C#N)cc3)cc2)CC1. The largest absolute Gasteiger partial charge is 0.192 e. The summed E-state index contributed by atoms with van der Waals surface area (Å²) >= 11 is 0. The minimum absolute atomic E-state index is 0.722. The summed E-state index contributed by atoms with van der Waals surface area (Å²) in [5, 5.41) is 8.97. The van der Waals surface area contributed by atoms with E-state index in [0.29, 0.717) is 0 Å². The summed E-state index contributed by atoms with van der Waals surface area (Å²) in [6, 6.07) is 19.3. The lowest BCUT2D eigenvalue weighted by molar-refractivity contribution is 0.302. The molecule has 3 rings (SSSR count). The van der Waals surface area contributed by atoms with Crippen LogP contribution in [-0.4, -0.2) is 0 Å². The third-order valence-electron chi connectivity index (χ3n) is 7.54. The van der Waals surface area contributed by atoms with Crippen molar-refractivity contribution < 1.29 is 0 Å². The van der Waals surface area contributed by atoms with Crippen molar-refractivity contribution >= 4 is 0 Å². The van der Waals surface area contributed by atoms with Crippen LogP contribution in [-0.2, 0) is 0 Å². The molecule has 0 aliphatic heterocycles. The van der Waals surface area contributed by atoms with Crippen LogP contribution in [0.15, 0.2) is 48.5 Å². The van der Waals surface area contributed by atoms with Crippen LogP contribution >= 0.6 is 0 Å². The van der Waals surface area contributed by atoms with Gasteiger partial charge in [-0.3, -0.25) is 0 Å². The van der Waals surface area contributed by atoms with Crippen LogP contribution < -0.4 is 0 Å². The molecule has 0 bridgehead atoms. The maximum absolute atomic E-state index is 8.97. The minimum Gasteiger partial charge on any atom is -0.192 e. The molecule has 0 spiro atoms. The van der Waals surface area contributed by atoms with Crippen molar-refractivity contribution in [3.05, 3.63) is 59.7 Å². The molecule has 1 heteroatoms. The second kappa shape index (κ2) is 14.2. The molecule has 2 aromatic carbocycles. The van der Waals surface area contributed by atoms with Crippen LogP contribution in [0.4, 0.5) is 0 Å². The molecule has 2 aromatic rings. The van der Waals surface area contributed by atoms with Gasteiger partial charge in [0.25, 0.3) is 0 Å². The van der Waals surface area contributed by atoms with Gasteiger partial charge in [0, 0.05) is 0 Å². The topological polar surface area (TPSA) is 23.8 Å². The van der Waals surface area contributed by atoms with Crippen LogP contribution in [0.1, 0.15) is 120 Å². The predicted octanol–water partition coefficient (Wildman–Crippen LogP) is 9.81. The lowest BCUT2D eigenvalue weighted by atomic mass is 9.77. The van der Waals surface area contributed by atoms with Gasteiger partial charge in [-0.25, -0.2) is 0 Å². The first-order chi connectivity index (χ1) is 15.8. The Morgan fingerprint density at radius 1 is 0.656 bits per heavy atom. The monoisotopic (exact) mass is 429 g/mol. The van der Waals surface area contributed by atoms with E-state index in [1.807, 2.05) is 24.3 Å². The van der Waals surface area contributed by atoms with Gasteiger partial charge >= 0.3 is 0 Å². The summed E-state index contributed by atoms with van der Waals surface area (Å²) in [4.78, 5) is 0. The van der Waals surface area contributed by atoms with Gasteiger partial charge in [0.2, 0.25) is 0 Å². The van der Waals surface area contributed by atoms with Crippen LogP contribution in [0.5, 0.6) is 0 Å². The van der Waals surface area contributed by atoms with E-state index >= 15 is 0 Å². The smallest absolute Gasteiger partial charge is 0.0991 e. The van der Waals surface area contributed by atoms with Crippen LogP contribution in [0.2, 0.25) is 0 Å². The zero-order valence-electron chi connectivity index (χ0n) is 20.3. The molecule has 0 amide bonds. The summed E-state index contributed by atoms with van der Waals surface area (Å²) in [5.74, 6) is 1.71. The van der Waals surface area contributed by atoms with Crippen molar-refractivity contribution in [3.63, 3.8) is 0 Å². The van der Waals surface area contributed by atoms with Gasteiger partial charge in [0.15, 0.2) is 0 Å². The Balaban J connectivity index is 1.29. The van der Waals surface area contributed by atoms with Crippen molar-refractivity contribution in [2.45, 2.75) is 109 Å². The molecule has 0 N–H and O–H groups in total. The molecule has 32 heavy (non-hydrogen) atoms. The molecule has 0 radical (unpaired) electrons. The maximum Gasteiger partial charge on any atom is 0.0991 e. The van der Waals surface area contributed by atoms with E-state index in [9.17, 15) is 0 Å². The maximum atomic E-state index is 8.97. The highest BCUT2D eigenvalue weighted by atomic mass is 14.3. The van der Waals surface area contributed by atoms with Crippen molar-refractivity contribution in [3.8, 4) is 17.2 Å². The third-order valence-corrected chi connectivity index (χ3v) is 7.54. The predicted molar refractivity (Wildman–Crippen MR) is 138 cm³/mol. The van der Waals surface area contributed by atoms with Crippen molar-refractivity contribution in [1.82, 2.24) is 0 Å². The molecular formula is C31H43N. The highest BCUT2D eigenvalue weighted by Gasteiger charge is 2.22. The first kappa shape index (κ1) is 24.6. The van der Waals surface area contributed by atoms with Crippen molar-refractivity contribution in [1.29, 1.82) is 5.26 Å². The van der Waals surface area contributed by atoms with Crippen LogP contribution in [0.3, 0.4) is 0 Å². The summed E-state index contributed by atoms with van der Waals surface area (Å²) < 4.78 is 0. The molecule has 1 nitrogen and oxygen atoms in total. The van der Waals surface area contributed by atoms with Crippen molar-refractivity contribution in [2.24, 2.45) is 5.92 Å². The highest BCUT2D eigenvalue weighted by molar-refractivity contribution is 5.64. The van der Waals surface area contributed by atoms with E-state index in [0.717, 1.165) is 17.4 Å². The van der Waals surface area contributed by atoms with E-state index < -0.39 is 0 Å². The summed E-state index contributed by atoms with van der Waals surface area (Å²) in [6.45, 7) is 2.30. The minimum atomic E-state index is 0.722. The molecular weight excluding hydrogens is 386 g/mol. The average Bonchev–Trinajstić information content (AvgIpc) is 2.86. The fourth-order valence-electron chi connectivity index (χ4n) is 5.39. The second-order valence-electron chi connectivity index (χ2n) is 10.00. The highest BCUT2D eigenvalue weighted by Crippen LogP contribution is 2.38. The molecule has 0 heterocycles. The molecule has 0 saturated heterocycles. The number of nitrogens with zero attached hydrogens (tertiary/aromatic N) is 1. The zero-order valence-corrected chi connectivity index (χ0v) is 20.3. The van der Waals surface area contributed by atoms with Gasteiger partial charge in [-0.1, -0.05) is 114 Å². The van der Waals surface area contributed by atoms with Crippen LogP contribution in [0, 0.1) is 17.2 Å². The van der Waals surface area contributed by atoms with Gasteiger partial charge in [-0.15, -0.1) is 0 Å². The van der Waals surface area contributed by atoms with E-state index in [4.69, 9.17) is 5.26 Å². The van der Waals surface area contributed by atoms with Gasteiger partial charge in [-0.2, -0.15) is 5.26 Å². The quantitative estimate of drug-likeness (QED) is 0.291. The standard InChI is InChI=1S/C31H43N/c1-2-3-4-5-6-7-8-9-10-11-12-26-13-17-28(18-14-26)30-21-23-31(24-22-30)29-19-15-27(25-32)16-20-29/h15-16,19-24,26,28H,2-14,17-18H2,1H3. The number of benzene rings is 2. The Morgan fingerprint density at radius 3 is 1.69 bits per heavy atom. The lowest BCUT2D eigenvalue weighted by Crippen LogP contribution is -2.13. The fraction of sp³-hybridized carbons (Fsp3) is 0.581. The summed E-state index contributed by atoms with van der Waals surface area (Å²) in [5.41, 5.74) is 4.67. The average molecular weight is 430 g/mol. The molecule has 0 aromatic heterocycles. The Morgan fingerprint density at radius 2 is 1.16 bits per heavy atom. The van der Waals surface area contributed by atoms with E-state index in [1.54, 1.807) is 0 Å².